The molecule has 7 nitrogen and oxygen atoms in total. The van der Waals surface area contributed by atoms with Crippen LogP contribution in [0.3, 0.4) is 0 Å². The molecule has 3 amide bonds. The standard InChI is InChI=1S/C12H19N3O4/c1-2-3-4-5-14-12(19)15-7-6-13-11(18)9(15)8-10(16)17/h2,9H,1,3-8H2,(H,13,18)(H,14,19)(H,16,17). The Morgan fingerprint density at radius 3 is 2.95 bits per heavy atom. The van der Waals surface area contributed by atoms with Crippen LogP contribution in [0.5, 0.6) is 0 Å². The highest BCUT2D eigenvalue weighted by molar-refractivity contribution is 5.91. The van der Waals surface area contributed by atoms with E-state index < -0.39 is 23.9 Å². The first-order valence-corrected chi connectivity index (χ1v) is 6.21. The number of carboxylic acids is 1. The fourth-order valence-electron chi connectivity index (χ4n) is 1.87. The number of carbonyl (C=O) groups excluding carboxylic acids is 2. The van der Waals surface area contributed by atoms with Gasteiger partial charge in [0.15, 0.2) is 0 Å². The molecule has 0 saturated carbocycles. The number of aliphatic carboxylic acids is 1. The van der Waals surface area contributed by atoms with E-state index in [0.717, 1.165) is 12.8 Å². The topological polar surface area (TPSA) is 98.7 Å². The molecule has 0 aliphatic carbocycles. The monoisotopic (exact) mass is 269 g/mol. The Hall–Kier alpha value is -2.05. The summed E-state index contributed by atoms with van der Waals surface area (Å²) in [5.41, 5.74) is 0. The van der Waals surface area contributed by atoms with Crippen molar-refractivity contribution >= 4 is 17.9 Å². The van der Waals surface area contributed by atoms with Crippen LogP contribution in [0.2, 0.25) is 0 Å². The van der Waals surface area contributed by atoms with Crippen LogP contribution in [-0.2, 0) is 9.59 Å². The molecular formula is C12H19N3O4. The van der Waals surface area contributed by atoms with Crippen molar-refractivity contribution in [2.75, 3.05) is 19.6 Å². The summed E-state index contributed by atoms with van der Waals surface area (Å²) in [4.78, 5) is 35.5. The molecule has 0 radical (unpaired) electrons. The summed E-state index contributed by atoms with van der Waals surface area (Å²) in [7, 11) is 0. The molecule has 0 spiro atoms. The highest BCUT2D eigenvalue weighted by Gasteiger charge is 2.34. The Morgan fingerprint density at radius 2 is 2.32 bits per heavy atom. The molecule has 7 heteroatoms. The van der Waals surface area contributed by atoms with Gasteiger partial charge in [-0.3, -0.25) is 9.59 Å². The molecule has 1 rings (SSSR count). The van der Waals surface area contributed by atoms with Crippen molar-refractivity contribution in [1.82, 2.24) is 15.5 Å². The van der Waals surface area contributed by atoms with E-state index in [1.807, 2.05) is 0 Å². The van der Waals surface area contributed by atoms with E-state index >= 15 is 0 Å². The molecule has 1 aliphatic rings. The zero-order valence-corrected chi connectivity index (χ0v) is 10.7. The molecule has 0 aromatic carbocycles. The first-order valence-electron chi connectivity index (χ1n) is 6.21. The smallest absolute Gasteiger partial charge is 0.318 e. The lowest BCUT2D eigenvalue weighted by Gasteiger charge is -2.34. The Bertz CT molecular complexity index is 370. The minimum atomic E-state index is -1.11. The van der Waals surface area contributed by atoms with Crippen molar-refractivity contribution in [2.45, 2.75) is 25.3 Å². The lowest BCUT2D eigenvalue weighted by Crippen LogP contribution is -2.60. The SMILES string of the molecule is C=CCCCNC(=O)N1CCNC(=O)C1CC(=O)O. The number of rotatable bonds is 6. The van der Waals surface area contributed by atoms with E-state index in [9.17, 15) is 14.4 Å². The number of piperazine rings is 1. The third-order valence-electron chi connectivity index (χ3n) is 2.82. The molecule has 106 valence electrons. The molecule has 3 N–H and O–H groups in total. The summed E-state index contributed by atoms with van der Waals surface area (Å²) in [6.07, 6.45) is 2.93. The third kappa shape index (κ3) is 4.61. The van der Waals surface area contributed by atoms with E-state index in [1.54, 1.807) is 6.08 Å². The number of hydrogen-bond acceptors (Lipinski definition) is 3. The molecule has 1 unspecified atom stereocenters. The summed E-state index contributed by atoms with van der Waals surface area (Å²) in [5, 5.41) is 14.0. The lowest BCUT2D eigenvalue weighted by atomic mass is 10.1. The van der Waals surface area contributed by atoms with Crippen LogP contribution in [0.15, 0.2) is 12.7 Å². The van der Waals surface area contributed by atoms with Crippen molar-refractivity contribution in [3.8, 4) is 0 Å². The maximum absolute atomic E-state index is 11.9. The summed E-state index contributed by atoms with van der Waals surface area (Å²) >= 11 is 0. The van der Waals surface area contributed by atoms with Crippen molar-refractivity contribution in [3.63, 3.8) is 0 Å². The average molecular weight is 269 g/mol. The Morgan fingerprint density at radius 1 is 1.58 bits per heavy atom. The van der Waals surface area contributed by atoms with Gasteiger partial charge in [0.1, 0.15) is 6.04 Å². The number of allylic oxidation sites excluding steroid dienone is 1. The molecule has 0 aromatic rings. The fraction of sp³-hybridized carbons (Fsp3) is 0.583. The Kier molecular flexibility index (Phi) is 5.84. The minimum Gasteiger partial charge on any atom is -0.481 e. The fourth-order valence-corrected chi connectivity index (χ4v) is 1.87. The number of unbranched alkanes of at least 4 members (excludes halogenated alkanes) is 1. The number of carbonyl (C=O) groups is 3. The minimum absolute atomic E-state index is 0.316. The molecule has 1 fully saturated rings. The van der Waals surface area contributed by atoms with Crippen LogP contribution >= 0.6 is 0 Å². The third-order valence-corrected chi connectivity index (χ3v) is 2.82. The van der Waals surface area contributed by atoms with E-state index in [1.165, 1.54) is 4.90 Å². The van der Waals surface area contributed by atoms with Crippen LogP contribution in [0, 0.1) is 0 Å². The predicted molar refractivity (Wildman–Crippen MR) is 68.6 cm³/mol. The number of amides is 3. The molecule has 1 atom stereocenters. The highest BCUT2D eigenvalue weighted by atomic mass is 16.4. The first kappa shape index (κ1) is 15.0. The second-order valence-corrected chi connectivity index (χ2v) is 4.26. The van der Waals surface area contributed by atoms with Gasteiger partial charge in [0.25, 0.3) is 0 Å². The van der Waals surface area contributed by atoms with Crippen LogP contribution in [0.1, 0.15) is 19.3 Å². The molecule has 0 aromatic heterocycles. The lowest BCUT2D eigenvalue weighted by molar-refractivity contribution is -0.142. The quantitative estimate of drug-likeness (QED) is 0.464. The molecule has 1 heterocycles. The highest BCUT2D eigenvalue weighted by Crippen LogP contribution is 2.09. The molecule has 1 saturated heterocycles. The van der Waals surface area contributed by atoms with Gasteiger partial charge in [0.05, 0.1) is 6.42 Å². The van der Waals surface area contributed by atoms with Gasteiger partial charge in [-0.1, -0.05) is 6.08 Å². The van der Waals surface area contributed by atoms with Crippen LogP contribution < -0.4 is 10.6 Å². The number of nitrogens with one attached hydrogen (secondary N) is 2. The second kappa shape index (κ2) is 7.40. The van der Waals surface area contributed by atoms with E-state index in [-0.39, 0.29) is 6.42 Å². The average Bonchev–Trinajstić information content (AvgIpc) is 2.36. The van der Waals surface area contributed by atoms with Gasteiger partial charge in [-0.2, -0.15) is 0 Å². The van der Waals surface area contributed by atoms with Crippen molar-refractivity contribution in [2.24, 2.45) is 0 Å². The number of carboxylic acid groups (broad SMARTS) is 1. The van der Waals surface area contributed by atoms with Crippen molar-refractivity contribution < 1.29 is 19.5 Å². The maximum atomic E-state index is 11.9. The van der Waals surface area contributed by atoms with E-state index in [4.69, 9.17) is 5.11 Å². The second-order valence-electron chi connectivity index (χ2n) is 4.26. The molecule has 19 heavy (non-hydrogen) atoms. The maximum Gasteiger partial charge on any atom is 0.318 e. The van der Waals surface area contributed by atoms with Gasteiger partial charge < -0.3 is 20.6 Å². The van der Waals surface area contributed by atoms with Crippen molar-refractivity contribution in [1.29, 1.82) is 0 Å². The molecule has 0 bridgehead atoms. The summed E-state index contributed by atoms with van der Waals surface area (Å²) < 4.78 is 0. The molecule has 1 aliphatic heterocycles. The summed E-state index contributed by atoms with van der Waals surface area (Å²) in [6.45, 7) is 4.71. The Balaban J connectivity index is 2.55. The van der Waals surface area contributed by atoms with Crippen LogP contribution in [0.25, 0.3) is 0 Å². The van der Waals surface area contributed by atoms with E-state index in [2.05, 4.69) is 17.2 Å². The number of urea groups is 1. The predicted octanol–water partition coefficient (Wildman–Crippen LogP) is -0.0627. The van der Waals surface area contributed by atoms with Gasteiger partial charge in [-0.05, 0) is 12.8 Å². The van der Waals surface area contributed by atoms with Gasteiger partial charge >= 0.3 is 12.0 Å². The van der Waals surface area contributed by atoms with Gasteiger partial charge in [0.2, 0.25) is 5.91 Å². The van der Waals surface area contributed by atoms with Gasteiger partial charge in [0, 0.05) is 19.6 Å². The normalized spacial score (nSPS) is 18.6. The zero-order valence-electron chi connectivity index (χ0n) is 10.7. The van der Waals surface area contributed by atoms with Gasteiger partial charge in [-0.15, -0.1) is 6.58 Å². The number of nitrogens with zero attached hydrogens (tertiary/aromatic N) is 1. The largest absolute Gasteiger partial charge is 0.481 e. The molecular weight excluding hydrogens is 250 g/mol. The summed E-state index contributed by atoms with van der Waals surface area (Å²) in [6, 6.07) is -1.34. The number of hydrogen-bond donors (Lipinski definition) is 3. The zero-order chi connectivity index (χ0) is 14.3. The first-order chi connectivity index (χ1) is 9.06. The summed E-state index contributed by atoms with van der Waals surface area (Å²) in [5.74, 6) is -1.53. The van der Waals surface area contributed by atoms with E-state index in [0.29, 0.717) is 19.6 Å². The van der Waals surface area contributed by atoms with Crippen molar-refractivity contribution in [3.05, 3.63) is 12.7 Å². The van der Waals surface area contributed by atoms with Crippen LogP contribution in [0.4, 0.5) is 4.79 Å². The van der Waals surface area contributed by atoms with Gasteiger partial charge in [-0.25, -0.2) is 4.79 Å². The Labute approximate surface area is 111 Å². The van der Waals surface area contributed by atoms with Crippen LogP contribution in [-0.4, -0.2) is 53.6 Å².